The Kier molecular flexibility index (Phi) is 7.95. The first-order valence-electron chi connectivity index (χ1n) is 9.83. The highest BCUT2D eigenvalue weighted by atomic mass is 35.5. The van der Waals surface area contributed by atoms with Gasteiger partial charge in [-0.1, -0.05) is 31.9 Å². The minimum Gasteiger partial charge on any atom is -0.340 e. The van der Waals surface area contributed by atoms with Crippen LogP contribution in [0.15, 0.2) is 24.3 Å². The van der Waals surface area contributed by atoms with Crippen LogP contribution in [-0.2, 0) is 4.79 Å². The Hall–Kier alpha value is -1.55. The summed E-state index contributed by atoms with van der Waals surface area (Å²) in [5.41, 5.74) is 0.632. The van der Waals surface area contributed by atoms with E-state index in [2.05, 4.69) is 20.8 Å². The van der Waals surface area contributed by atoms with Gasteiger partial charge in [-0.25, -0.2) is 0 Å². The Morgan fingerprint density at radius 2 is 1.96 bits per heavy atom. The molecule has 144 valence electrons. The third-order valence-corrected chi connectivity index (χ3v) is 5.56. The zero-order valence-corrected chi connectivity index (χ0v) is 17.0. The molecular weight excluding hydrogens is 348 g/mol. The normalized spacial score (nSPS) is 18.5. The van der Waals surface area contributed by atoms with E-state index in [4.69, 9.17) is 11.6 Å². The summed E-state index contributed by atoms with van der Waals surface area (Å²) in [6.45, 7) is 8.42. The number of carbonyl (C=O) groups excluding carboxylic acids is 2. The van der Waals surface area contributed by atoms with E-state index in [9.17, 15) is 9.59 Å². The third-order valence-electron chi connectivity index (χ3n) is 5.31. The number of likely N-dealkylation sites (tertiary alicyclic amines) is 1. The van der Waals surface area contributed by atoms with Gasteiger partial charge in [-0.3, -0.25) is 9.59 Å². The highest BCUT2D eigenvalue weighted by molar-refractivity contribution is 6.30. The van der Waals surface area contributed by atoms with E-state index in [1.807, 2.05) is 9.80 Å². The molecule has 26 heavy (non-hydrogen) atoms. The topological polar surface area (TPSA) is 40.6 Å². The number of amides is 2. The van der Waals surface area contributed by atoms with Crippen molar-refractivity contribution in [3.63, 3.8) is 0 Å². The van der Waals surface area contributed by atoms with Crippen molar-refractivity contribution in [3.8, 4) is 0 Å². The fraction of sp³-hybridized carbons (Fsp3) is 0.619. The monoisotopic (exact) mass is 378 g/mol. The maximum atomic E-state index is 13.1. The zero-order chi connectivity index (χ0) is 19.1. The average molecular weight is 379 g/mol. The van der Waals surface area contributed by atoms with Gasteiger partial charge in [-0.05, 0) is 56.9 Å². The van der Waals surface area contributed by atoms with Gasteiger partial charge in [0.15, 0.2) is 0 Å². The first-order chi connectivity index (χ1) is 12.5. The largest absolute Gasteiger partial charge is 0.340 e. The van der Waals surface area contributed by atoms with Gasteiger partial charge in [0, 0.05) is 36.3 Å². The quantitative estimate of drug-likeness (QED) is 0.694. The summed E-state index contributed by atoms with van der Waals surface area (Å²) in [6, 6.07) is 7.22. The van der Waals surface area contributed by atoms with Gasteiger partial charge in [-0.15, -0.1) is 0 Å². The number of piperidine rings is 1. The second-order valence-corrected chi connectivity index (χ2v) is 7.68. The van der Waals surface area contributed by atoms with Crippen molar-refractivity contribution >= 4 is 23.4 Å². The summed E-state index contributed by atoms with van der Waals surface area (Å²) < 4.78 is 0. The van der Waals surface area contributed by atoms with E-state index in [-0.39, 0.29) is 23.8 Å². The number of benzene rings is 1. The SMILES string of the molecule is CCCCN(C(=O)C1CCCN(C(=O)c2ccc(Cl)cc2)C1)C(C)CC. The molecule has 5 heteroatoms. The number of nitrogens with zero attached hydrogens (tertiary/aromatic N) is 2. The van der Waals surface area contributed by atoms with Crippen LogP contribution in [0, 0.1) is 5.92 Å². The average Bonchev–Trinajstić information content (AvgIpc) is 2.68. The number of hydrogen-bond donors (Lipinski definition) is 0. The van der Waals surface area contributed by atoms with Crippen LogP contribution in [-0.4, -0.2) is 47.3 Å². The van der Waals surface area contributed by atoms with Crippen LogP contribution in [0.25, 0.3) is 0 Å². The Morgan fingerprint density at radius 3 is 2.58 bits per heavy atom. The molecule has 2 rings (SSSR count). The lowest BCUT2D eigenvalue weighted by Gasteiger charge is -2.37. The van der Waals surface area contributed by atoms with E-state index in [1.165, 1.54) is 0 Å². The standard InChI is InChI=1S/C21H31ClN2O2/c1-4-6-14-24(16(3)5-2)21(26)18-8-7-13-23(15-18)20(25)17-9-11-19(22)12-10-17/h9-12,16,18H,4-8,13-15H2,1-3H3. The highest BCUT2D eigenvalue weighted by Crippen LogP contribution is 2.23. The van der Waals surface area contributed by atoms with Crippen LogP contribution in [0.1, 0.15) is 63.2 Å². The minimum absolute atomic E-state index is 0.0113. The third kappa shape index (κ3) is 5.23. The molecule has 1 aliphatic rings. The molecule has 1 fully saturated rings. The molecular formula is C21H31ClN2O2. The van der Waals surface area contributed by atoms with Crippen LogP contribution in [0.4, 0.5) is 0 Å². The molecule has 1 aliphatic heterocycles. The summed E-state index contributed by atoms with van der Waals surface area (Å²) in [5.74, 6) is 0.107. The highest BCUT2D eigenvalue weighted by Gasteiger charge is 2.32. The predicted molar refractivity (Wildman–Crippen MR) is 106 cm³/mol. The molecule has 0 bridgehead atoms. The van der Waals surface area contributed by atoms with Crippen molar-refractivity contribution in [2.45, 2.75) is 58.9 Å². The molecule has 1 saturated heterocycles. The molecule has 0 aliphatic carbocycles. The van der Waals surface area contributed by atoms with Gasteiger partial charge in [0.25, 0.3) is 5.91 Å². The molecule has 0 radical (unpaired) electrons. The van der Waals surface area contributed by atoms with E-state index in [0.717, 1.165) is 38.6 Å². The molecule has 1 heterocycles. The molecule has 0 N–H and O–H groups in total. The van der Waals surface area contributed by atoms with Gasteiger partial charge in [0.2, 0.25) is 5.91 Å². The van der Waals surface area contributed by atoms with Gasteiger partial charge in [0.05, 0.1) is 5.92 Å². The fourth-order valence-corrected chi connectivity index (χ4v) is 3.60. The van der Waals surface area contributed by atoms with E-state index >= 15 is 0 Å². The number of carbonyl (C=O) groups is 2. The summed E-state index contributed by atoms with van der Waals surface area (Å²) >= 11 is 5.91. The summed E-state index contributed by atoms with van der Waals surface area (Å²) in [6.07, 6.45) is 4.79. The van der Waals surface area contributed by atoms with Crippen molar-refractivity contribution in [2.75, 3.05) is 19.6 Å². The van der Waals surface area contributed by atoms with Crippen LogP contribution in [0.5, 0.6) is 0 Å². The van der Waals surface area contributed by atoms with Gasteiger partial charge >= 0.3 is 0 Å². The number of rotatable bonds is 7. The van der Waals surface area contributed by atoms with E-state index in [1.54, 1.807) is 24.3 Å². The molecule has 4 nitrogen and oxygen atoms in total. The number of halogens is 1. The molecule has 0 aromatic heterocycles. The van der Waals surface area contributed by atoms with E-state index < -0.39 is 0 Å². The molecule has 1 aromatic rings. The molecule has 0 spiro atoms. The second-order valence-electron chi connectivity index (χ2n) is 7.24. The van der Waals surface area contributed by atoms with Crippen molar-refractivity contribution < 1.29 is 9.59 Å². The minimum atomic E-state index is -0.0918. The Bertz CT molecular complexity index is 603. The fourth-order valence-electron chi connectivity index (χ4n) is 3.47. The van der Waals surface area contributed by atoms with Crippen molar-refractivity contribution in [2.24, 2.45) is 5.92 Å². The Labute approximate surface area is 162 Å². The lowest BCUT2D eigenvalue weighted by molar-refractivity contribution is -0.139. The van der Waals surface area contributed by atoms with Gasteiger partial charge in [-0.2, -0.15) is 0 Å². The van der Waals surface area contributed by atoms with Crippen LogP contribution in [0.2, 0.25) is 5.02 Å². The maximum Gasteiger partial charge on any atom is 0.253 e. The summed E-state index contributed by atoms with van der Waals surface area (Å²) in [7, 11) is 0. The second kappa shape index (κ2) is 9.96. The number of unbranched alkanes of at least 4 members (excludes halogenated alkanes) is 1. The first-order valence-corrected chi connectivity index (χ1v) is 10.2. The predicted octanol–water partition coefficient (Wildman–Crippen LogP) is 4.62. The van der Waals surface area contributed by atoms with Crippen LogP contribution >= 0.6 is 11.6 Å². The summed E-state index contributed by atoms with van der Waals surface area (Å²) in [5, 5.41) is 0.619. The summed E-state index contributed by atoms with van der Waals surface area (Å²) in [4.78, 5) is 29.7. The molecule has 0 saturated carbocycles. The Balaban J connectivity index is 2.06. The Morgan fingerprint density at radius 1 is 1.27 bits per heavy atom. The molecule has 1 aromatic carbocycles. The smallest absolute Gasteiger partial charge is 0.253 e. The molecule has 2 amide bonds. The van der Waals surface area contributed by atoms with Crippen molar-refractivity contribution in [1.82, 2.24) is 9.80 Å². The lowest BCUT2D eigenvalue weighted by Crippen LogP contribution is -2.49. The first kappa shape index (κ1) is 20.8. The molecule has 2 unspecified atom stereocenters. The van der Waals surface area contributed by atoms with Crippen LogP contribution in [0.3, 0.4) is 0 Å². The van der Waals surface area contributed by atoms with Gasteiger partial charge in [0.1, 0.15) is 0 Å². The van der Waals surface area contributed by atoms with Crippen LogP contribution < -0.4 is 0 Å². The van der Waals surface area contributed by atoms with Crippen molar-refractivity contribution in [1.29, 1.82) is 0 Å². The van der Waals surface area contributed by atoms with E-state index in [0.29, 0.717) is 23.7 Å². The zero-order valence-electron chi connectivity index (χ0n) is 16.2. The maximum absolute atomic E-state index is 13.1. The molecule has 2 atom stereocenters. The number of hydrogen-bond acceptors (Lipinski definition) is 2. The lowest BCUT2D eigenvalue weighted by atomic mass is 9.95. The van der Waals surface area contributed by atoms with Crippen molar-refractivity contribution in [3.05, 3.63) is 34.9 Å². The van der Waals surface area contributed by atoms with Gasteiger partial charge < -0.3 is 9.80 Å².